The van der Waals surface area contributed by atoms with Gasteiger partial charge in [0.1, 0.15) is 0 Å². The van der Waals surface area contributed by atoms with Crippen LogP contribution in [0, 0.1) is 0 Å². The van der Waals surface area contributed by atoms with E-state index in [0.29, 0.717) is 0 Å². The second-order valence-corrected chi connectivity index (χ2v) is 4.16. The number of nitrogens with zero attached hydrogens (tertiary/aromatic N) is 2. The lowest BCUT2D eigenvalue weighted by atomic mass is 10.0. The molecule has 0 unspecified atom stereocenters. The van der Waals surface area contributed by atoms with Gasteiger partial charge in [0.25, 0.3) is 0 Å². The van der Waals surface area contributed by atoms with Crippen molar-refractivity contribution < 1.29 is 0 Å². The molecule has 3 rings (SSSR count). The van der Waals surface area contributed by atoms with Gasteiger partial charge in [0.2, 0.25) is 0 Å². The summed E-state index contributed by atoms with van der Waals surface area (Å²) >= 11 is 0. The van der Waals surface area contributed by atoms with Crippen molar-refractivity contribution >= 4 is 0 Å². The summed E-state index contributed by atoms with van der Waals surface area (Å²) in [6.07, 6.45) is 6.33. The van der Waals surface area contributed by atoms with E-state index in [1.807, 2.05) is 24.4 Å². The minimum absolute atomic E-state index is 0.860. The first kappa shape index (κ1) is 10.7. The Kier molecular flexibility index (Phi) is 2.88. The first-order valence-corrected chi connectivity index (χ1v) is 5.90. The van der Waals surface area contributed by atoms with Crippen molar-refractivity contribution in [3.63, 3.8) is 0 Å². The molecule has 88 valence electrons. The second-order valence-electron chi connectivity index (χ2n) is 4.16. The number of aromatic nitrogens is 3. The van der Waals surface area contributed by atoms with E-state index >= 15 is 0 Å². The first-order valence-electron chi connectivity index (χ1n) is 5.90. The fourth-order valence-electron chi connectivity index (χ4n) is 2.03. The SMILES string of the molecule is c1ccc(Cc2[nH]ncc2-c2ccncc2)cc1. The van der Waals surface area contributed by atoms with Crippen LogP contribution in [0.15, 0.2) is 61.1 Å². The Bertz CT molecular complexity index is 615. The number of H-pyrrole nitrogens is 1. The Balaban J connectivity index is 1.93. The molecule has 0 amide bonds. The molecule has 1 N–H and O–H groups in total. The van der Waals surface area contributed by atoms with Crippen LogP contribution in [-0.4, -0.2) is 15.2 Å². The standard InChI is InChI=1S/C15H13N3/c1-2-4-12(5-3-1)10-15-14(11-17-18-15)13-6-8-16-9-7-13/h1-9,11H,10H2,(H,17,18). The highest BCUT2D eigenvalue weighted by molar-refractivity contribution is 5.64. The number of aromatic amines is 1. The van der Waals surface area contributed by atoms with Gasteiger partial charge in [-0.15, -0.1) is 0 Å². The van der Waals surface area contributed by atoms with Crippen molar-refractivity contribution in [3.05, 3.63) is 72.3 Å². The maximum absolute atomic E-state index is 4.15. The van der Waals surface area contributed by atoms with Gasteiger partial charge in [0.05, 0.1) is 6.20 Å². The smallest absolute Gasteiger partial charge is 0.0568 e. The van der Waals surface area contributed by atoms with Crippen molar-refractivity contribution in [1.82, 2.24) is 15.2 Å². The third-order valence-electron chi connectivity index (χ3n) is 2.93. The van der Waals surface area contributed by atoms with Crippen LogP contribution in [0.3, 0.4) is 0 Å². The Labute approximate surface area is 106 Å². The molecule has 0 spiro atoms. The fourth-order valence-corrected chi connectivity index (χ4v) is 2.03. The molecule has 2 heterocycles. The number of rotatable bonds is 3. The highest BCUT2D eigenvalue weighted by atomic mass is 15.1. The Morgan fingerprint density at radius 3 is 2.50 bits per heavy atom. The van der Waals surface area contributed by atoms with E-state index in [2.05, 4.69) is 39.4 Å². The van der Waals surface area contributed by atoms with Crippen LogP contribution in [0.1, 0.15) is 11.3 Å². The largest absolute Gasteiger partial charge is 0.282 e. The van der Waals surface area contributed by atoms with Crippen molar-refractivity contribution in [2.75, 3.05) is 0 Å². The number of hydrogen-bond acceptors (Lipinski definition) is 2. The summed E-state index contributed by atoms with van der Waals surface area (Å²) in [4.78, 5) is 4.04. The maximum Gasteiger partial charge on any atom is 0.0568 e. The van der Waals surface area contributed by atoms with Crippen molar-refractivity contribution in [1.29, 1.82) is 0 Å². The minimum atomic E-state index is 0.860. The van der Waals surface area contributed by atoms with Crippen LogP contribution in [0.2, 0.25) is 0 Å². The van der Waals surface area contributed by atoms with Gasteiger partial charge >= 0.3 is 0 Å². The van der Waals surface area contributed by atoms with E-state index in [4.69, 9.17) is 0 Å². The van der Waals surface area contributed by atoms with Crippen LogP contribution in [0.4, 0.5) is 0 Å². The lowest BCUT2D eigenvalue weighted by molar-refractivity contribution is 0.997. The zero-order valence-electron chi connectivity index (χ0n) is 9.88. The molecule has 3 aromatic rings. The van der Waals surface area contributed by atoms with Crippen LogP contribution in [0.25, 0.3) is 11.1 Å². The predicted octanol–water partition coefficient (Wildman–Crippen LogP) is 3.06. The van der Waals surface area contributed by atoms with Gasteiger partial charge in [-0.3, -0.25) is 10.1 Å². The number of nitrogens with one attached hydrogen (secondary N) is 1. The summed E-state index contributed by atoms with van der Waals surface area (Å²) in [5.74, 6) is 0. The summed E-state index contributed by atoms with van der Waals surface area (Å²) in [6, 6.07) is 14.4. The molecule has 2 aromatic heterocycles. The quantitative estimate of drug-likeness (QED) is 0.758. The average molecular weight is 235 g/mol. The van der Waals surface area contributed by atoms with Crippen LogP contribution in [-0.2, 0) is 6.42 Å². The van der Waals surface area contributed by atoms with Gasteiger partial charge in [0, 0.05) is 30.1 Å². The van der Waals surface area contributed by atoms with Gasteiger partial charge in [0.15, 0.2) is 0 Å². The van der Waals surface area contributed by atoms with E-state index in [1.165, 1.54) is 5.56 Å². The normalized spacial score (nSPS) is 10.4. The molecule has 0 atom stereocenters. The third kappa shape index (κ3) is 2.15. The predicted molar refractivity (Wildman–Crippen MR) is 71.1 cm³/mol. The van der Waals surface area contributed by atoms with Crippen molar-refractivity contribution in [3.8, 4) is 11.1 Å². The Morgan fingerprint density at radius 1 is 0.944 bits per heavy atom. The highest BCUT2D eigenvalue weighted by Crippen LogP contribution is 2.22. The molecule has 0 aliphatic carbocycles. The fraction of sp³-hybridized carbons (Fsp3) is 0.0667. The molecular weight excluding hydrogens is 222 g/mol. The molecule has 3 nitrogen and oxygen atoms in total. The van der Waals surface area contributed by atoms with Gasteiger partial charge in [-0.25, -0.2) is 0 Å². The number of hydrogen-bond donors (Lipinski definition) is 1. The molecule has 0 aliphatic rings. The number of benzene rings is 1. The summed E-state index contributed by atoms with van der Waals surface area (Å²) in [6.45, 7) is 0. The summed E-state index contributed by atoms with van der Waals surface area (Å²) < 4.78 is 0. The monoisotopic (exact) mass is 235 g/mol. The lowest BCUT2D eigenvalue weighted by Gasteiger charge is -2.03. The highest BCUT2D eigenvalue weighted by Gasteiger charge is 2.07. The molecule has 3 heteroatoms. The van der Waals surface area contributed by atoms with Crippen LogP contribution in [0.5, 0.6) is 0 Å². The summed E-state index contributed by atoms with van der Waals surface area (Å²) in [7, 11) is 0. The van der Waals surface area contributed by atoms with Crippen LogP contribution < -0.4 is 0 Å². The molecule has 18 heavy (non-hydrogen) atoms. The molecule has 0 aliphatic heterocycles. The summed E-state index contributed by atoms with van der Waals surface area (Å²) in [5, 5.41) is 7.23. The maximum atomic E-state index is 4.15. The lowest BCUT2D eigenvalue weighted by Crippen LogP contribution is -1.91. The number of pyridine rings is 1. The Morgan fingerprint density at radius 2 is 1.72 bits per heavy atom. The van der Waals surface area contributed by atoms with Gasteiger partial charge in [-0.05, 0) is 23.3 Å². The van der Waals surface area contributed by atoms with Gasteiger partial charge < -0.3 is 0 Å². The molecule has 0 saturated carbocycles. The van der Waals surface area contributed by atoms with Crippen molar-refractivity contribution in [2.24, 2.45) is 0 Å². The molecule has 0 radical (unpaired) electrons. The molecule has 0 bridgehead atoms. The zero-order chi connectivity index (χ0) is 12.2. The minimum Gasteiger partial charge on any atom is -0.282 e. The molecule has 1 aromatic carbocycles. The Hall–Kier alpha value is -2.42. The zero-order valence-corrected chi connectivity index (χ0v) is 9.88. The second kappa shape index (κ2) is 4.84. The molecule has 0 fully saturated rings. The van der Waals surface area contributed by atoms with E-state index in [9.17, 15) is 0 Å². The third-order valence-corrected chi connectivity index (χ3v) is 2.93. The topological polar surface area (TPSA) is 41.6 Å². The average Bonchev–Trinajstić information content (AvgIpc) is 2.89. The van der Waals surface area contributed by atoms with Crippen molar-refractivity contribution in [2.45, 2.75) is 6.42 Å². The van der Waals surface area contributed by atoms with E-state index in [-0.39, 0.29) is 0 Å². The summed E-state index contributed by atoms with van der Waals surface area (Å²) in [5.41, 5.74) is 4.69. The van der Waals surface area contributed by atoms with Gasteiger partial charge in [-0.2, -0.15) is 5.10 Å². The first-order chi connectivity index (χ1) is 8.93. The van der Waals surface area contributed by atoms with E-state index in [0.717, 1.165) is 23.2 Å². The molecule has 0 saturated heterocycles. The van der Waals surface area contributed by atoms with Gasteiger partial charge in [-0.1, -0.05) is 30.3 Å². The van der Waals surface area contributed by atoms with E-state index < -0.39 is 0 Å². The van der Waals surface area contributed by atoms with Crippen LogP contribution >= 0.6 is 0 Å². The molecular formula is C15H13N3. The van der Waals surface area contributed by atoms with E-state index in [1.54, 1.807) is 12.4 Å².